The van der Waals surface area contributed by atoms with E-state index in [1.54, 1.807) is 36.4 Å². The van der Waals surface area contributed by atoms with E-state index in [0.29, 0.717) is 24.8 Å². The standard InChI is InChI=1S/C21H24FN5O.HI/c1-23-21(25-10-5-13-28-18-6-3-2-4-7-18)26-15-17-8-9-20(19(22)14-17)27-12-11-24-16-27;/h2-4,6-9,11-12,14,16H,5,10,13,15H2,1H3,(H2,23,25,26);1H. The van der Waals surface area contributed by atoms with Crippen LogP contribution >= 0.6 is 24.0 Å². The van der Waals surface area contributed by atoms with E-state index in [0.717, 1.165) is 24.3 Å². The molecule has 29 heavy (non-hydrogen) atoms. The minimum atomic E-state index is -0.293. The van der Waals surface area contributed by atoms with Crippen LogP contribution < -0.4 is 15.4 Å². The molecule has 1 heterocycles. The van der Waals surface area contributed by atoms with Crippen molar-refractivity contribution in [3.8, 4) is 11.4 Å². The number of aliphatic imine (C=N–C) groups is 1. The molecule has 1 aromatic heterocycles. The summed E-state index contributed by atoms with van der Waals surface area (Å²) in [5.41, 5.74) is 1.30. The Labute approximate surface area is 187 Å². The number of nitrogens with one attached hydrogen (secondary N) is 2. The Balaban J connectivity index is 0.00000300. The Morgan fingerprint density at radius 1 is 1.17 bits per heavy atom. The van der Waals surface area contributed by atoms with Gasteiger partial charge in [0.15, 0.2) is 5.96 Å². The van der Waals surface area contributed by atoms with Crippen LogP contribution in [0, 0.1) is 5.82 Å². The first kappa shape index (κ1) is 22.7. The van der Waals surface area contributed by atoms with Crippen molar-refractivity contribution in [3.63, 3.8) is 0 Å². The van der Waals surface area contributed by atoms with E-state index in [4.69, 9.17) is 4.74 Å². The first-order valence-electron chi connectivity index (χ1n) is 9.15. The summed E-state index contributed by atoms with van der Waals surface area (Å²) in [7, 11) is 1.71. The molecule has 2 aromatic carbocycles. The molecule has 154 valence electrons. The van der Waals surface area contributed by atoms with Gasteiger partial charge in [0.25, 0.3) is 0 Å². The maximum atomic E-state index is 14.3. The highest BCUT2D eigenvalue weighted by Crippen LogP contribution is 2.15. The Kier molecular flexibility index (Phi) is 9.42. The van der Waals surface area contributed by atoms with Crippen LogP contribution in [-0.2, 0) is 6.54 Å². The van der Waals surface area contributed by atoms with Crippen molar-refractivity contribution in [1.82, 2.24) is 20.2 Å². The number of rotatable bonds is 8. The van der Waals surface area contributed by atoms with Crippen molar-refractivity contribution >= 4 is 29.9 Å². The summed E-state index contributed by atoms with van der Waals surface area (Å²) in [6.07, 6.45) is 5.74. The monoisotopic (exact) mass is 509 g/mol. The zero-order valence-corrected chi connectivity index (χ0v) is 18.5. The van der Waals surface area contributed by atoms with Crippen LogP contribution in [0.4, 0.5) is 4.39 Å². The Morgan fingerprint density at radius 2 is 2.00 bits per heavy atom. The maximum absolute atomic E-state index is 14.3. The number of ether oxygens (including phenoxy) is 1. The first-order chi connectivity index (χ1) is 13.8. The van der Waals surface area contributed by atoms with Gasteiger partial charge in [-0.2, -0.15) is 0 Å². The fraction of sp³-hybridized carbons (Fsp3) is 0.238. The Hall–Kier alpha value is -2.62. The van der Waals surface area contributed by atoms with Gasteiger partial charge in [-0.05, 0) is 36.2 Å². The number of guanidine groups is 1. The van der Waals surface area contributed by atoms with Gasteiger partial charge < -0.3 is 19.9 Å². The molecule has 3 rings (SSSR count). The summed E-state index contributed by atoms with van der Waals surface area (Å²) >= 11 is 0. The van der Waals surface area contributed by atoms with Crippen LogP contribution in [0.1, 0.15) is 12.0 Å². The second kappa shape index (κ2) is 12.1. The Bertz CT molecular complexity index is 887. The van der Waals surface area contributed by atoms with Crippen molar-refractivity contribution in [2.45, 2.75) is 13.0 Å². The predicted octanol–water partition coefficient (Wildman–Crippen LogP) is 3.76. The predicted molar refractivity (Wildman–Crippen MR) is 124 cm³/mol. The molecule has 0 spiro atoms. The van der Waals surface area contributed by atoms with Gasteiger partial charge in [-0.3, -0.25) is 4.99 Å². The Morgan fingerprint density at radius 3 is 2.69 bits per heavy atom. The second-order valence-corrected chi connectivity index (χ2v) is 6.12. The second-order valence-electron chi connectivity index (χ2n) is 6.12. The molecule has 8 heteroatoms. The van der Waals surface area contributed by atoms with E-state index >= 15 is 0 Å². The lowest BCUT2D eigenvalue weighted by Crippen LogP contribution is -2.37. The molecular formula is C21H25FIN5O. The van der Waals surface area contributed by atoms with Crippen LogP contribution in [0.25, 0.3) is 5.69 Å². The van der Waals surface area contributed by atoms with E-state index in [9.17, 15) is 4.39 Å². The van der Waals surface area contributed by atoms with E-state index in [1.807, 2.05) is 36.4 Å². The third kappa shape index (κ3) is 7.04. The van der Waals surface area contributed by atoms with Crippen molar-refractivity contribution in [2.75, 3.05) is 20.2 Å². The van der Waals surface area contributed by atoms with Gasteiger partial charge in [0.05, 0.1) is 18.6 Å². The highest BCUT2D eigenvalue weighted by Gasteiger charge is 2.06. The van der Waals surface area contributed by atoms with E-state index in [-0.39, 0.29) is 29.8 Å². The summed E-state index contributed by atoms with van der Waals surface area (Å²) in [5, 5.41) is 6.42. The maximum Gasteiger partial charge on any atom is 0.191 e. The summed E-state index contributed by atoms with van der Waals surface area (Å²) < 4.78 is 21.6. The number of halogens is 2. The highest BCUT2D eigenvalue weighted by molar-refractivity contribution is 14.0. The summed E-state index contributed by atoms with van der Waals surface area (Å²) in [4.78, 5) is 8.13. The van der Waals surface area contributed by atoms with Gasteiger partial charge >= 0.3 is 0 Å². The van der Waals surface area contributed by atoms with Gasteiger partial charge in [0, 0.05) is 32.5 Å². The molecule has 0 amide bonds. The molecule has 6 nitrogen and oxygen atoms in total. The van der Waals surface area contributed by atoms with Crippen molar-refractivity contribution in [2.24, 2.45) is 4.99 Å². The van der Waals surface area contributed by atoms with Crippen molar-refractivity contribution in [1.29, 1.82) is 0 Å². The number of nitrogens with zero attached hydrogens (tertiary/aromatic N) is 3. The molecule has 3 aromatic rings. The van der Waals surface area contributed by atoms with Crippen LogP contribution in [-0.4, -0.2) is 35.7 Å². The number of para-hydroxylation sites is 1. The summed E-state index contributed by atoms with van der Waals surface area (Å²) in [5.74, 6) is 1.24. The van der Waals surface area contributed by atoms with Crippen LogP contribution in [0.5, 0.6) is 5.75 Å². The van der Waals surface area contributed by atoms with Crippen LogP contribution in [0.2, 0.25) is 0 Å². The average molecular weight is 509 g/mol. The van der Waals surface area contributed by atoms with Gasteiger partial charge in [-0.1, -0.05) is 24.3 Å². The SMILES string of the molecule is CN=C(NCCCOc1ccccc1)NCc1ccc(-n2ccnc2)c(F)c1.I. The summed E-state index contributed by atoms with van der Waals surface area (Å²) in [6, 6.07) is 14.9. The van der Waals surface area contributed by atoms with Gasteiger partial charge in [-0.25, -0.2) is 9.37 Å². The molecule has 0 bridgehead atoms. The number of aromatic nitrogens is 2. The normalized spacial score (nSPS) is 10.9. The lowest BCUT2D eigenvalue weighted by molar-refractivity contribution is 0.311. The topological polar surface area (TPSA) is 63.5 Å². The molecule has 2 N–H and O–H groups in total. The zero-order chi connectivity index (χ0) is 19.6. The quantitative estimate of drug-likeness (QED) is 0.210. The summed E-state index contributed by atoms with van der Waals surface area (Å²) in [6.45, 7) is 1.82. The third-order valence-electron chi connectivity index (χ3n) is 4.10. The van der Waals surface area contributed by atoms with Gasteiger partial charge in [0.2, 0.25) is 0 Å². The minimum absolute atomic E-state index is 0. The third-order valence-corrected chi connectivity index (χ3v) is 4.10. The van der Waals surface area contributed by atoms with E-state index in [1.165, 1.54) is 6.07 Å². The molecule has 0 unspecified atom stereocenters. The fourth-order valence-electron chi connectivity index (χ4n) is 2.66. The number of hydrogen-bond donors (Lipinski definition) is 2. The molecule has 0 radical (unpaired) electrons. The smallest absolute Gasteiger partial charge is 0.191 e. The molecule has 0 aliphatic carbocycles. The van der Waals surface area contributed by atoms with Crippen molar-refractivity contribution < 1.29 is 9.13 Å². The molecule has 0 atom stereocenters. The lowest BCUT2D eigenvalue weighted by atomic mass is 10.2. The lowest BCUT2D eigenvalue weighted by Gasteiger charge is -2.13. The fourth-order valence-corrected chi connectivity index (χ4v) is 2.66. The first-order valence-corrected chi connectivity index (χ1v) is 9.15. The number of hydrogen-bond acceptors (Lipinski definition) is 3. The van der Waals surface area contributed by atoms with E-state index < -0.39 is 0 Å². The number of imidazole rings is 1. The van der Waals surface area contributed by atoms with Crippen molar-refractivity contribution in [3.05, 3.63) is 78.6 Å². The molecular weight excluding hydrogens is 484 g/mol. The zero-order valence-electron chi connectivity index (χ0n) is 16.2. The van der Waals surface area contributed by atoms with Gasteiger partial charge in [0.1, 0.15) is 11.6 Å². The molecule has 0 saturated heterocycles. The average Bonchev–Trinajstić information content (AvgIpc) is 3.25. The highest BCUT2D eigenvalue weighted by atomic mass is 127. The molecule has 0 aliphatic rings. The minimum Gasteiger partial charge on any atom is -0.494 e. The molecule has 0 aliphatic heterocycles. The van der Waals surface area contributed by atoms with Crippen LogP contribution in [0.15, 0.2) is 72.2 Å². The molecule has 0 fully saturated rings. The van der Waals surface area contributed by atoms with Gasteiger partial charge in [-0.15, -0.1) is 24.0 Å². The van der Waals surface area contributed by atoms with E-state index in [2.05, 4.69) is 20.6 Å². The number of benzene rings is 2. The molecule has 0 saturated carbocycles. The van der Waals surface area contributed by atoms with Crippen LogP contribution in [0.3, 0.4) is 0 Å². The largest absolute Gasteiger partial charge is 0.494 e.